The standard InChI is InChI=1S/C15H23NO/c1-11-4-5-14(10-12(11)2)16-13-6-8-15(17-3)9-7-13/h4-5,10,13,15-16H,6-9H2,1-3H3. The fourth-order valence-corrected chi connectivity index (χ4v) is 2.51. The number of benzene rings is 1. The van der Waals surface area contributed by atoms with Crippen LogP contribution in [0.5, 0.6) is 0 Å². The summed E-state index contributed by atoms with van der Waals surface area (Å²) in [5, 5.41) is 3.64. The molecule has 0 radical (unpaired) electrons. The molecule has 1 aromatic rings. The van der Waals surface area contributed by atoms with Gasteiger partial charge in [-0.25, -0.2) is 0 Å². The molecule has 2 heteroatoms. The summed E-state index contributed by atoms with van der Waals surface area (Å²) in [5.74, 6) is 0. The van der Waals surface area contributed by atoms with E-state index in [1.54, 1.807) is 0 Å². The monoisotopic (exact) mass is 233 g/mol. The highest BCUT2D eigenvalue weighted by atomic mass is 16.5. The third kappa shape index (κ3) is 3.22. The van der Waals surface area contributed by atoms with E-state index in [2.05, 4.69) is 37.4 Å². The van der Waals surface area contributed by atoms with E-state index in [0.717, 1.165) is 0 Å². The van der Waals surface area contributed by atoms with Crippen molar-refractivity contribution < 1.29 is 4.74 Å². The van der Waals surface area contributed by atoms with E-state index in [-0.39, 0.29) is 0 Å². The van der Waals surface area contributed by atoms with Crippen LogP contribution in [-0.2, 0) is 4.74 Å². The van der Waals surface area contributed by atoms with Crippen LogP contribution in [0.15, 0.2) is 18.2 Å². The fraction of sp³-hybridized carbons (Fsp3) is 0.600. The summed E-state index contributed by atoms with van der Waals surface area (Å²) in [6.45, 7) is 4.32. The summed E-state index contributed by atoms with van der Waals surface area (Å²) in [5.41, 5.74) is 3.98. The normalized spacial score (nSPS) is 24.6. The number of rotatable bonds is 3. The molecule has 0 aliphatic heterocycles. The minimum absolute atomic E-state index is 0.479. The molecule has 94 valence electrons. The third-order valence-electron chi connectivity index (χ3n) is 3.89. The van der Waals surface area contributed by atoms with Crippen molar-refractivity contribution in [1.29, 1.82) is 0 Å². The van der Waals surface area contributed by atoms with Crippen LogP contribution in [0.3, 0.4) is 0 Å². The molecule has 0 atom stereocenters. The Labute approximate surface area is 104 Å². The molecule has 1 saturated carbocycles. The molecule has 1 aliphatic rings. The highest BCUT2D eigenvalue weighted by Crippen LogP contribution is 2.24. The summed E-state index contributed by atoms with van der Waals surface area (Å²) < 4.78 is 5.40. The van der Waals surface area contributed by atoms with E-state index in [1.165, 1.54) is 42.5 Å². The lowest BCUT2D eigenvalue weighted by molar-refractivity contribution is 0.0682. The fourth-order valence-electron chi connectivity index (χ4n) is 2.51. The van der Waals surface area contributed by atoms with Gasteiger partial charge >= 0.3 is 0 Å². The Morgan fingerprint density at radius 3 is 2.35 bits per heavy atom. The molecular weight excluding hydrogens is 210 g/mol. The minimum atomic E-state index is 0.479. The summed E-state index contributed by atoms with van der Waals surface area (Å²) in [6.07, 6.45) is 5.27. The number of nitrogens with one attached hydrogen (secondary N) is 1. The first-order valence-corrected chi connectivity index (χ1v) is 6.55. The average Bonchev–Trinajstić information content (AvgIpc) is 2.35. The van der Waals surface area contributed by atoms with Crippen LogP contribution in [0.4, 0.5) is 5.69 Å². The van der Waals surface area contributed by atoms with Crippen molar-refractivity contribution in [2.45, 2.75) is 51.7 Å². The zero-order chi connectivity index (χ0) is 12.3. The van der Waals surface area contributed by atoms with E-state index >= 15 is 0 Å². The molecule has 0 spiro atoms. The van der Waals surface area contributed by atoms with Crippen molar-refractivity contribution in [3.63, 3.8) is 0 Å². The van der Waals surface area contributed by atoms with Gasteiger partial charge in [-0.15, -0.1) is 0 Å². The predicted octanol–water partition coefficient (Wildman–Crippen LogP) is 3.67. The van der Waals surface area contributed by atoms with Gasteiger partial charge in [-0.05, 0) is 62.8 Å². The average molecular weight is 233 g/mol. The van der Waals surface area contributed by atoms with Crippen LogP contribution < -0.4 is 5.32 Å². The number of hydrogen-bond acceptors (Lipinski definition) is 2. The molecule has 2 nitrogen and oxygen atoms in total. The summed E-state index contributed by atoms with van der Waals surface area (Å²) in [7, 11) is 1.82. The van der Waals surface area contributed by atoms with Crippen molar-refractivity contribution >= 4 is 5.69 Å². The Balaban J connectivity index is 1.91. The van der Waals surface area contributed by atoms with Crippen LogP contribution in [0.1, 0.15) is 36.8 Å². The summed E-state index contributed by atoms with van der Waals surface area (Å²) in [6, 6.07) is 7.24. The maximum Gasteiger partial charge on any atom is 0.0572 e. The first-order chi connectivity index (χ1) is 8.19. The Morgan fingerprint density at radius 1 is 1.06 bits per heavy atom. The van der Waals surface area contributed by atoms with E-state index in [9.17, 15) is 0 Å². The highest BCUT2D eigenvalue weighted by molar-refractivity contribution is 5.48. The second kappa shape index (κ2) is 5.54. The Kier molecular flexibility index (Phi) is 4.06. The molecule has 0 heterocycles. The number of methoxy groups -OCH3 is 1. The van der Waals surface area contributed by atoms with Crippen LogP contribution >= 0.6 is 0 Å². The molecule has 0 unspecified atom stereocenters. The van der Waals surface area contributed by atoms with Gasteiger partial charge in [-0.3, -0.25) is 0 Å². The van der Waals surface area contributed by atoms with Crippen molar-refractivity contribution in [1.82, 2.24) is 0 Å². The first-order valence-electron chi connectivity index (χ1n) is 6.55. The van der Waals surface area contributed by atoms with Crippen molar-refractivity contribution in [2.75, 3.05) is 12.4 Å². The Bertz CT molecular complexity index is 367. The van der Waals surface area contributed by atoms with Gasteiger partial charge in [0.25, 0.3) is 0 Å². The lowest BCUT2D eigenvalue weighted by atomic mass is 9.92. The number of anilines is 1. The number of hydrogen-bond donors (Lipinski definition) is 1. The van der Waals surface area contributed by atoms with Gasteiger partial charge in [-0.1, -0.05) is 6.07 Å². The Morgan fingerprint density at radius 2 is 1.76 bits per heavy atom. The minimum Gasteiger partial charge on any atom is -0.382 e. The van der Waals surface area contributed by atoms with Crippen molar-refractivity contribution in [2.24, 2.45) is 0 Å². The van der Waals surface area contributed by atoms with E-state index in [1.807, 2.05) is 7.11 Å². The molecule has 1 N–H and O–H groups in total. The SMILES string of the molecule is COC1CCC(Nc2ccc(C)c(C)c2)CC1. The molecule has 0 amide bonds. The van der Waals surface area contributed by atoms with E-state index < -0.39 is 0 Å². The molecule has 1 aliphatic carbocycles. The van der Waals surface area contributed by atoms with Crippen LogP contribution in [0, 0.1) is 13.8 Å². The van der Waals surface area contributed by atoms with Crippen LogP contribution in [0.2, 0.25) is 0 Å². The molecule has 2 rings (SSSR count). The van der Waals surface area contributed by atoms with E-state index in [4.69, 9.17) is 4.74 Å². The quantitative estimate of drug-likeness (QED) is 0.860. The molecule has 1 fully saturated rings. The molecular formula is C15H23NO. The van der Waals surface area contributed by atoms with Crippen LogP contribution in [-0.4, -0.2) is 19.3 Å². The second-order valence-corrected chi connectivity index (χ2v) is 5.15. The maximum atomic E-state index is 5.40. The van der Waals surface area contributed by atoms with Gasteiger partial charge < -0.3 is 10.1 Å². The molecule has 0 aromatic heterocycles. The third-order valence-corrected chi connectivity index (χ3v) is 3.89. The lowest BCUT2D eigenvalue weighted by Crippen LogP contribution is -2.29. The van der Waals surface area contributed by atoms with Crippen LogP contribution in [0.25, 0.3) is 0 Å². The summed E-state index contributed by atoms with van der Waals surface area (Å²) in [4.78, 5) is 0. The van der Waals surface area contributed by atoms with Gasteiger partial charge in [0.1, 0.15) is 0 Å². The number of ether oxygens (including phenoxy) is 1. The van der Waals surface area contributed by atoms with Gasteiger partial charge in [0, 0.05) is 18.8 Å². The first kappa shape index (κ1) is 12.4. The Hall–Kier alpha value is -1.02. The van der Waals surface area contributed by atoms with Gasteiger partial charge in [0.05, 0.1) is 6.10 Å². The lowest BCUT2D eigenvalue weighted by Gasteiger charge is -2.29. The van der Waals surface area contributed by atoms with E-state index in [0.29, 0.717) is 12.1 Å². The maximum absolute atomic E-state index is 5.40. The molecule has 1 aromatic carbocycles. The topological polar surface area (TPSA) is 21.3 Å². The second-order valence-electron chi connectivity index (χ2n) is 5.15. The van der Waals surface area contributed by atoms with Gasteiger partial charge in [0.15, 0.2) is 0 Å². The van der Waals surface area contributed by atoms with Gasteiger partial charge in [0.2, 0.25) is 0 Å². The zero-order valence-corrected chi connectivity index (χ0v) is 11.1. The smallest absolute Gasteiger partial charge is 0.0572 e. The summed E-state index contributed by atoms with van der Waals surface area (Å²) >= 11 is 0. The van der Waals surface area contributed by atoms with Crippen molar-refractivity contribution in [3.8, 4) is 0 Å². The predicted molar refractivity (Wildman–Crippen MR) is 72.6 cm³/mol. The highest BCUT2D eigenvalue weighted by Gasteiger charge is 2.20. The molecule has 0 saturated heterocycles. The molecule has 0 bridgehead atoms. The number of aryl methyl sites for hydroxylation is 2. The van der Waals surface area contributed by atoms with Crippen molar-refractivity contribution in [3.05, 3.63) is 29.3 Å². The van der Waals surface area contributed by atoms with Gasteiger partial charge in [-0.2, -0.15) is 0 Å². The zero-order valence-electron chi connectivity index (χ0n) is 11.1. The molecule has 17 heavy (non-hydrogen) atoms. The largest absolute Gasteiger partial charge is 0.382 e.